The molecule has 1 saturated heterocycles. The van der Waals surface area contributed by atoms with Crippen LogP contribution in [0.15, 0.2) is 60.9 Å². The van der Waals surface area contributed by atoms with Crippen molar-refractivity contribution in [3.8, 4) is 0 Å². The summed E-state index contributed by atoms with van der Waals surface area (Å²) in [6, 6.07) is 14.5. The van der Waals surface area contributed by atoms with Gasteiger partial charge in [0.1, 0.15) is 0 Å². The third kappa shape index (κ3) is 6.12. The van der Waals surface area contributed by atoms with Crippen LogP contribution >= 0.6 is 0 Å². The van der Waals surface area contributed by atoms with Crippen molar-refractivity contribution >= 4 is 12.0 Å². The highest BCUT2D eigenvalue weighted by Gasteiger charge is 2.18. The van der Waals surface area contributed by atoms with Gasteiger partial charge in [-0.15, -0.1) is 0 Å². The lowest BCUT2D eigenvalue weighted by Crippen LogP contribution is -2.34. The number of carbonyl (C=O) groups is 1. The number of hydrogen-bond acceptors (Lipinski definition) is 3. The first-order valence-electron chi connectivity index (χ1n) is 9.42. The molecule has 1 N–H and O–H groups in total. The highest BCUT2D eigenvalue weighted by atomic mass is 16.1. The first-order valence-corrected chi connectivity index (χ1v) is 9.42. The molecule has 1 aromatic carbocycles. The Morgan fingerprint density at radius 3 is 2.69 bits per heavy atom. The average molecular weight is 349 g/mol. The molecule has 1 aliphatic rings. The van der Waals surface area contributed by atoms with Crippen LogP contribution in [-0.2, 0) is 11.3 Å². The number of nitrogens with zero attached hydrogens (tertiary/aromatic N) is 2. The van der Waals surface area contributed by atoms with Gasteiger partial charge in [0.05, 0.1) is 0 Å². The van der Waals surface area contributed by atoms with Crippen LogP contribution in [0.5, 0.6) is 0 Å². The molecule has 1 amide bonds. The van der Waals surface area contributed by atoms with Gasteiger partial charge in [-0.1, -0.05) is 36.4 Å². The van der Waals surface area contributed by atoms with Crippen molar-refractivity contribution in [2.45, 2.75) is 25.8 Å². The molecule has 0 bridgehead atoms. The van der Waals surface area contributed by atoms with E-state index in [1.165, 1.54) is 18.4 Å². The van der Waals surface area contributed by atoms with Crippen LogP contribution in [0.4, 0.5) is 0 Å². The van der Waals surface area contributed by atoms with E-state index in [1.807, 2.05) is 12.1 Å². The summed E-state index contributed by atoms with van der Waals surface area (Å²) in [4.78, 5) is 18.4. The van der Waals surface area contributed by atoms with Gasteiger partial charge in [-0.25, -0.2) is 0 Å². The van der Waals surface area contributed by atoms with Crippen LogP contribution in [-0.4, -0.2) is 35.4 Å². The quantitative estimate of drug-likeness (QED) is 0.778. The Bertz CT molecular complexity index is 692. The van der Waals surface area contributed by atoms with Gasteiger partial charge in [-0.2, -0.15) is 0 Å². The Morgan fingerprint density at radius 1 is 1.15 bits per heavy atom. The summed E-state index contributed by atoms with van der Waals surface area (Å²) >= 11 is 0. The minimum atomic E-state index is -0.0321. The highest BCUT2D eigenvalue weighted by molar-refractivity contribution is 5.91. The molecule has 4 heteroatoms. The number of pyridine rings is 1. The normalized spacial score (nSPS) is 16.0. The van der Waals surface area contributed by atoms with Gasteiger partial charge in [0, 0.05) is 31.6 Å². The Hall–Kier alpha value is -2.46. The third-order valence-electron chi connectivity index (χ3n) is 4.92. The van der Waals surface area contributed by atoms with Gasteiger partial charge in [0.2, 0.25) is 5.91 Å². The van der Waals surface area contributed by atoms with Crippen LogP contribution in [0.3, 0.4) is 0 Å². The lowest BCUT2D eigenvalue weighted by Gasteiger charge is -2.32. The minimum absolute atomic E-state index is 0.0321. The predicted molar refractivity (Wildman–Crippen MR) is 105 cm³/mol. The van der Waals surface area contributed by atoms with Crippen molar-refractivity contribution in [1.29, 1.82) is 0 Å². The predicted octanol–water partition coefficient (Wildman–Crippen LogP) is 3.51. The number of nitrogens with one attached hydrogen (secondary N) is 1. The molecule has 2 aromatic rings. The molecular weight excluding hydrogens is 322 g/mol. The number of carbonyl (C=O) groups excluding carboxylic acids is 1. The van der Waals surface area contributed by atoms with Crippen LogP contribution in [0, 0.1) is 5.92 Å². The van der Waals surface area contributed by atoms with E-state index in [9.17, 15) is 4.79 Å². The number of benzene rings is 1. The Morgan fingerprint density at radius 2 is 1.96 bits per heavy atom. The Labute approximate surface area is 155 Å². The third-order valence-corrected chi connectivity index (χ3v) is 4.92. The van der Waals surface area contributed by atoms with Gasteiger partial charge in [0.25, 0.3) is 0 Å². The summed E-state index contributed by atoms with van der Waals surface area (Å²) in [6.45, 7) is 4.09. The van der Waals surface area contributed by atoms with Crippen LogP contribution in [0.1, 0.15) is 30.4 Å². The second kappa shape index (κ2) is 9.88. The maximum absolute atomic E-state index is 11.9. The van der Waals surface area contributed by atoms with Crippen molar-refractivity contribution in [1.82, 2.24) is 15.2 Å². The highest BCUT2D eigenvalue weighted by Crippen LogP contribution is 2.21. The SMILES string of the molecule is O=C(/C=C/c1cccnc1)NCCC1CCN(Cc2ccccc2)CC1. The summed E-state index contributed by atoms with van der Waals surface area (Å²) < 4.78 is 0. The van der Waals surface area contributed by atoms with E-state index in [-0.39, 0.29) is 5.91 Å². The maximum atomic E-state index is 11.9. The summed E-state index contributed by atoms with van der Waals surface area (Å²) in [5.74, 6) is 0.681. The molecule has 3 rings (SSSR count). The first kappa shape index (κ1) is 18.3. The molecule has 4 nitrogen and oxygen atoms in total. The Balaban J connectivity index is 1.31. The smallest absolute Gasteiger partial charge is 0.244 e. The molecule has 136 valence electrons. The molecule has 0 spiro atoms. The lowest BCUT2D eigenvalue weighted by atomic mass is 9.93. The molecule has 0 saturated carbocycles. The number of aromatic nitrogens is 1. The molecular formula is C22H27N3O. The maximum Gasteiger partial charge on any atom is 0.244 e. The van der Waals surface area contributed by atoms with Crippen molar-refractivity contribution in [2.75, 3.05) is 19.6 Å². The lowest BCUT2D eigenvalue weighted by molar-refractivity contribution is -0.116. The Kier molecular flexibility index (Phi) is 6.96. The number of amides is 1. The van der Waals surface area contributed by atoms with E-state index in [0.717, 1.165) is 38.2 Å². The first-order chi connectivity index (χ1) is 12.8. The summed E-state index contributed by atoms with van der Waals surface area (Å²) in [5.41, 5.74) is 2.33. The molecule has 0 atom stereocenters. The largest absolute Gasteiger partial charge is 0.353 e. The van der Waals surface area contributed by atoms with Gasteiger partial charge in [-0.05, 0) is 61.5 Å². The fourth-order valence-electron chi connectivity index (χ4n) is 3.38. The molecule has 1 fully saturated rings. The zero-order valence-corrected chi connectivity index (χ0v) is 15.2. The van der Waals surface area contributed by atoms with Gasteiger partial charge in [-0.3, -0.25) is 14.7 Å². The molecule has 1 aromatic heterocycles. The molecule has 0 unspecified atom stereocenters. The minimum Gasteiger partial charge on any atom is -0.353 e. The average Bonchev–Trinajstić information content (AvgIpc) is 2.69. The van der Waals surface area contributed by atoms with E-state index in [2.05, 4.69) is 45.5 Å². The van der Waals surface area contributed by atoms with Gasteiger partial charge in [0.15, 0.2) is 0 Å². The molecule has 0 radical (unpaired) electrons. The van der Waals surface area contributed by atoms with Gasteiger partial charge < -0.3 is 5.32 Å². The monoisotopic (exact) mass is 349 g/mol. The second-order valence-corrected chi connectivity index (χ2v) is 6.90. The van der Waals surface area contributed by atoms with Gasteiger partial charge >= 0.3 is 0 Å². The van der Waals surface area contributed by atoms with Crippen molar-refractivity contribution in [2.24, 2.45) is 5.92 Å². The molecule has 1 aliphatic heterocycles. The number of likely N-dealkylation sites (tertiary alicyclic amines) is 1. The van der Waals surface area contributed by atoms with Crippen molar-refractivity contribution in [3.05, 3.63) is 72.1 Å². The summed E-state index contributed by atoms with van der Waals surface area (Å²) in [6.07, 6.45) is 10.3. The topological polar surface area (TPSA) is 45.2 Å². The van der Waals surface area contributed by atoms with Crippen LogP contribution < -0.4 is 5.32 Å². The number of hydrogen-bond donors (Lipinski definition) is 1. The van der Waals surface area contributed by atoms with Crippen molar-refractivity contribution < 1.29 is 4.79 Å². The van der Waals surface area contributed by atoms with E-state index in [0.29, 0.717) is 5.92 Å². The van der Waals surface area contributed by atoms with E-state index in [4.69, 9.17) is 0 Å². The fourth-order valence-corrected chi connectivity index (χ4v) is 3.38. The summed E-state index contributed by atoms with van der Waals surface area (Å²) in [5, 5.41) is 2.99. The molecule has 26 heavy (non-hydrogen) atoms. The molecule has 2 heterocycles. The molecule has 0 aliphatic carbocycles. The zero-order chi connectivity index (χ0) is 18.0. The van der Waals surface area contributed by atoms with Crippen molar-refractivity contribution in [3.63, 3.8) is 0 Å². The van der Waals surface area contributed by atoms with Crippen LogP contribution in [0.2, 0.25) is 0 Å². The number of rotatable bonds is 7. The van der Waals surface area contributed by atoms with Crippen LogP contribution in [0.25, 0.3) is 6.08 Å². The number of piperidine rings is 1. The fraction of sp³-hybridized carbons (Fsp3) is 0.364. The summed E-state index contributed by atoms with van der Waals surface area (Å²) in [7, 11) is 0. The van der Waals surface area contributed by atoms with E-state index in [1.54, 1.807) is 24.5 Å². The second-order valence-electron chi connectivity index (χ2n) is 6.90. The standard InChI is InChI=1S/C22H27N3O/c26-22(9-8-20-7-4-13-23-17-20)24-14-10-19-11-15-25(16-12-19)18-21-5-2-1-3-6-21/h1-9,13,17,19H,10-12,14-16,18H2,(H,24,26)/b9-8+. The zero-order valence-electron chi connectivity index (χ0n) is 15.2. The van der Waals surface area contributed by atoms with E-state index < -0.39 is 0 Å². The van der Waals surface area contributed by atoms with E-state index >= 15 is 0 Å².